The van der Waals surface area contributed by atoms with Crippen LogP contribution in [0.5, 0.6) is 0 Å². The van der Waals surface area contributed by atoms with Gasteiger partial charge in [0.05, 0.1) is 0 Å². The summed E-state index contributed by atoms with van der Waals surface area (Å²) in [6.07, 6.45) is 0. The van der Waals surface area contributed by atoms with E-state index in [1.54, 1.807) is 0 Å². The summed E-state index contributed by atoms with van der Waals surface area (Å²) in [5, 5.41) is 0. The van der Waals surface area contributed by atoms with Gasteiger partial charge in [-0.15, -0.1) is 9.24 Å². The van der Waals surface area contributed by atoms with Crippen LogP contribution in [0.4, 0.5) is 0 Å². The zero-order chi connectivity index (χ0) is 7.56. The van der Waals surface area contributed by atoms with Crippen LogP contribution in [0.2, 0.25) is 0 Å². The van der Waals surface area contributed by atoms with E-state index in [0.717, 1.165) is 4.47 Å². The van der Waals surface area contributed by atoms with Crippen molar-refractivity contribution < 1.29 is 0 Å². The molecule has 0 saturated heterocycles. The van der Waals surface area contributed by atoms with Gasteiger partial charge in [-0.25, -0.2) is 0 Å². The maximum Gasteiger partial charge on any atom is 0.0175 e. The highest BCUT2D eigenvalue weighted by atomic mass is 79.9. The van der Waals surface area contributed by atoms with E-state index in [1.165, 1.54) is 5.56 Å². The molecule has 2 heteroatoms. The minimum Gasteiger partial charge on any atom is -0.130 e. The van der Waals surface area contributed by atoms with Crippen molar-refractivity contribution in [3.05, 3.63) is 34.3 Å². The molecule has 0 N–H and O–H groups in total. The third-order valence-corrected chi connectivity index (χ3v) is 2.31. The molecule has 0 nitrogen and oxygen atoms in total. The largest absolute Gasteiger partial charge is 0.130 e. The Hall–Kier alpha value is 0.130. The Kier molecular flexibility index (Phi) is 2.88. The lowest BCUT2D eigenvalue weighted by atomic mass is 10.2. The highest BCUT2D eigenvalue weighted by Crippen LogP contribution is 2.22. The van der Waals surface area contributed by atoms with Gasteiger partial charge in [0.1, 0.15) is 0 Å². The fourth-order valence-corrected chi connectivity index (χ4v) is 1.25. The van der Waals surface area contributed by atoms with Crippen molar-refractivity contribution in [2.24, 2.45) is 0 Å². The summed E-state index contributed by atoms with van der Waals surface area (Å²) in [6, 6.07) is 8.38. The van der Waals surface area contributed by atoms with Crippen LogP contribution in [0.15, 0.2) is 28.7 Å². The highest BCUT2D eigenvalue weighted by molar-refractivity contribution is 9.10. The van der Waals surface area contributed by atoms with Gasteiger partial charge < -0.3 is 0 Å². The molecule has 1 rings (SSSR count). The van der Waals surface area contributed by atoms with E-state index in [2.05, 4.69) is 56.4 Å². The van der Waals surface area contributed by atoms with Crippen molar-refractivity contribution in [3.8, 4) is 0 Å². The van der Waals surface area contributed by atoms with Gasteiger partial charge in [0.25, 0.3) is 0 Å². The lowest BCUT2D eigenvalue weighted by Crippen LogP contribution is -1.80. The molecular formula is C8H10BrP. The van der Waals surface area contributed by atoms with Gasteiger partial charge in [0.15, 0.2) is 0 Å². The molecule has 0 amide bonds. The van der Waals surface area contributed by atoms with E-state index in [-0.39, 0.29) is 0 Å². The van der Waals surface area contributed by atoms with Gasteiger partial charge in [0, 0.05) is 4.47 Å². The monoisotopic (exact) mass is 216 g/mol. The van der Waals surface area contributed by atoms with Crippen LogP contribution in [0.1, 0.15) is 18.1 Å². The molecule has 1 aromatic carbocycles. The molecule has 2 unspecified atom stereocenters. The van der Waals surface area contributed by atoms with Crippen LogP contribution >= 0.6 is 25.2 Å². The highest BCUT2D eigenvalue weighted by Gasteiger charge is 1.96. The third kappa shape index (κ3) is 2.07. The third-order valence-electron chi connectivity index (χ3n) is 1.40. The van der Waals surface area contributed by atoms with E-state index in [0.29, 0.717) is 5.66 Å². The van der Waals surface area contributed by atoms with E-state index >= 15 is 0 Å². The van der Waals surface area contributed by atoms with Crippen molar-refractivity contribution in [2.75, 3.05) is 0 Å². The average molecular weight is 217 g/mol. The van der Waals surface area contributed by atoms with Crippen molar-refractivity contribution in [1.82, 2.24) is 0 Å². The Bertz CT molecular complexity index is 203. The van der Waals surface area contributed by atoms with Crippen LogP contribution < -0.4 is 0 Å². The van der Waals surface area contributed by atoms with Gasteiger partial charge in [-0.1, -0.05) is 35.0 Å². The van der Waals surface area contributed by atoms with Crippen molar-refractivity contribution >= 4 is 25.2 Å². The molecule has 10 heavy (non-hydrogen) atoms. The maximum atomic E-state index is 3.39. The van der Waals surface area contributed by atoms with Crippen LogP contribution in [0, 0.1) is 0 Å². The van der Waals surface area contributed by atoms with E-state index < -0.39 is 0 Å². The zero-order valence-corrected chi connectivity index (χ0v) is 8.58. The van der Waals surface area contributed by atoms with Gasteiger partial charge in [-0.3, -0.25) is 0 Å². The first-order chi connectivity index (χ1) is 4.70. The summed E-state index contributed by atoms with van der Waals surface area (Å²) in [5.74, 6) is 0. The lowest BCUT2D eigenvalue weighted by molar-refractivity contribution is 1.10. The van der Waals surface area contributed by atoms with Gasteiger partial charge in [-0.2, -0.15) is 0 Å². The van der Waals surface area contributed by atoms with Gasteiger partial charge in [-0.05, 0) is 23.4 Å². The molecule has 0 aliphatic carbocycles. The number of benzene rings is 1. The summed E-state index contributed by atoms with van der Waals surface area (Å²) in [4.78, 5) is 0. The Morgan fingerprint density at radius 2 is 1.80 bits per heavy atom. The predicted molar refractivity (Wildman–Crippen MR) is 52.3 cm³/mol. The van der Waals surface area contributed by atoms with Crippen LogP contribution in [-0.4, -0.2) is 0 Å². The maximum absolute atomic E-state index is 3.39. The molecule has 1 aromatic rings. The summed E-state index contributed by atoms with van der Waals surface area (Å²) < 4.78 is 1.14. The molecule has 0 spiro atoms. The van der Waals surface area contributed by atoms with E-state index in [1.807, 2.05) is 0 Å². The molecule has 0 saturated carbocycles. The smallest absolute Gasteiger partial charge is 0.0175 e. The first kappa shape index (κ1) is 8.23. The quantitative estimate of drug-likeness (QED) is 0.632. The Balaban J connectivity index is 2.89. The molecule has 0 bridgehead atoms. The second-order valence-electron chi connectivity index (χ2n) is 2.34. The molecule has 0 heterocycles. The zero-order valence-electron chi connectivity index (χ0n) is 5.84. The molecule has 0 radical (unpaired) electrons. The normalized spacial score (nSPS) is 13.1. The van der Waals surface area contributed by atoms with E-state index in [9.17, 15) is 0 Å². The predicted octanol–water partition coefficient (Wildman–Crippen LogP) is 3.39. The van der Waals surface area contributed by atoms with Crippen LogP contribution in [0.3, 0.4) is 0 Å². The summed E-state index contributed by atoms with van der Waals surface area (Å²) in [6.45, 7) is 2.16. The van der Waals surface area contributed by atoms with Gasteiger partial charge >= 0.3 is 0 Å². The fourth-order valence-electron chi connectivity index (χ4n) is 0.766. The standard InChI is InChI=1S/C8H10BrP/c1-6(10)7-2-4-8(9)5-3-7/h2-6H,10H2,1H3. The Morgan fingerprint density at radius 1 is 1.30 bits per heavy atom. The SMILES string of the molecule is CC(P)c1ccc(Br)cc1. The number of halogens is 1. The number of hydrogen-bond donors (Lipinski definition) is 0. The molecule has 0 aromatic heterocycles. The van der Waals surface area contributed by atoms with Gasteiger partial charge in [0.2, 0.25) is 0 Å². The summed E-state index contributed by atoms with van der Waals surface area (Å²) in [7, 11) is 2.77. The average Bonchev–Trinajstić information content (AvgIpc) is 1.88. The lowest BCUT2D eigenvalue weighted by Gasteiger charge is -2.03. The van der Waals surface area contributed by atoms with Crippen molar-refractivity contribution in [1.29, 1.82) is 0 Å². The minimum atomic E-state index is 0.549. The van der Waals surface area contributed by atoms with E-state index in [4.69, 9.17) is 0 Å². The van der Waals surface area contributed by atoms with Crippen molar-refractivity contribution in [2.45, 2.75) is 12.6 Å². The second kappa shape index (κ2) is 3.50. The fraction of sp³-hybridized carbons (Fsp3) is 0.250. The molecule has 0 aliphatic rings. The molecule has 2 atom stereocenters. The van der Waals surface area contributed by atoms with Crippen LogP contribution in [0.25, 0.3) is 0 Å². The molecule has 0 aliphatic heterocycles. The molecule has 54 valence electrons. The molecular weight excluding hydrogens is 207 g/mol. The number of rotatable bonds is 1. The second-order valence-corrected chi connectivity index (χ2v) is 4.26. The molecule has 0 fully saturated rings. The van der Waals surface area contributed by atoms with Crippen LogP contribution in [-0.2, 0) is 0 Å². The topological polar surface area (TPSA) is 0 Å². The first-order valence-corrected chi connectivity index (χ1v) is 4.67. The van der Waals surface area contributed by atoms with Crippen molar-refractivity contribution in [3.63, 3.8) is 0 Å². The minimum absolute atomic E-state index is 0.549. The summed E-state index contributed by atoms with van der Waals surface area (Å²) in [5.41, 5.74) is 1.90. The summed E-state index contributed by atoms with van der Waals surface area (Å²) >= 11 is 3.39. The Labute approximate surface area is 72.4 Å². The first-order valence-electron chi connectivity index (χ1n) is 3.21. The number of hydrogen-bond acceptors (Lipinski definition) is 0. The Morgan fingerprint density at radius 3 is 2.20 bits per heavy atom.